The summed E-state index contributed by atoms with van der Waals surface area (Å²) in [5, 5.41) is 5.68. The number of nitrogens with zero attached hydrogens (tertiary/aromatic N) is 1. The van der Waals surface area contributed by atoms with Crippen molar-refractivity contribution in [3.05, 3.63) is 35.3 Å². The highest BCUT2D eigenvalue weighted by molar-refractivity contribution is 6.06. The summed E-state index contributed by atoms with van der Waals surface area (Å²) in [7, 11) is 0. The van der Waals surface area contributed by atoms with Crippen molar-refractivity contribution in [2.75, 3.05) is 13.1 Å². The lowest BCUT2D eigenvalue weighted by Gasteiger charge is -2.17. The fraction of sp³-hybridized carbons (Fsp3) is 0.353. The first-order valence-corrected chi connectivity index (χ1v) is 7.99. The van der Waals surface area contributed by atoms with Crippen LogP contribution in [0.25, 0.3) is 11.0 Å². The van der Waals surface area contributed by atoms with Crippen LogP contribution in [0, 0.1) is 24.6 Å². The Morgan fingerprint density at radius 2 is 2.00 bits per heavy atom. The smallest absolute Gasteiger partial charge is 0.317 e. The number of benzene rings is 1. The van der Waals surface area contributed by atoms with Crippen molar-refractivity contribution in [2.45, 2.75) is 13.5 Å². The molecule has 1 aromatic carbocycles. The van der Waals surface area contributed by atoms with Crippen LogP contribution >= 0.6 is 0 Å². The lowest BCUT2D eigenvalue weighted by atomic mass is 10.00. The molecule has 7 nitrogen and oxygen atoms in total. The van der Waals surface area contributed by atoms with E-state index in [1.54, 1.807) is 13.0 Å². The number of carbonyl (C=O) groups is 3. The third-order valence-electron chi connectivity index (χ3n) is 4.92. The number of rotatable bonds is 2. The van der Waals surface area contributed by atoms with Crippen LogP contribution in [0.15, 0.2) is 22.6 Å². The third kappa shape index (κ3) is 2.54. The van der Waals surface area contributed by atoms with E-state index in [4.69, 9.17) is 4.42 Å². The fourth-order valence-electron chi connectivity index (χ4n) is 3.49. The zero-order valence-corrected chi connectivity index (χ0v) is 13.5. The maximum Gasteiger partial charge on any atom is 0.317 e. The van der Waals surface area contributed by atoms with Crippen molar-refractivity contribution in [1.82, 2.24) is 15.5 Å². The van der Waals surface area contributed by atoms with Crippen LogP contribution in [0.3, 0.4) is 0 Å². The summed E-state index contributed by atoms with van der Waals surface area (Å²) in [6.45, 7) is 2.39. The number of nitrogens with one attached hydrogen (secondary N) is 2. The number of likely N-dealkylation sites (tertiary alicyclic amines) is 1. The molecule has 8 heteroatoms. The summed E-state index contributed by atoms with van der Waals surface area (Å²) in [4.78, 5) is 37.1. The van der Waals surface area contributed by atoms with Gasteiger partial charge >= 0.3 is 6.03 Å². The van der Waals surface area contributed by atoms with E-state index in [1.165, 1.54) is 17.0 Å². The van der Waals surface area contributed by atoms with E-state index in [9.17, 15) is 18.8 Å². The molecule has 2 aliphatic rings. The summed E-state index contributed by atoms with van der Waals surface area (Å²) in [6, 6.07) is 3.90. The minimum absolute atomic E-state index is 0.146. The molecule has 0 unspecified atom stereocenters. The van der Waals surface area contributed by atoms with Gasteiger partial charge in [0, 0.05) is 24.0 Å². The maximum absolute atomic E-state index is 13.3. The molecular formula is C17H16FN3O4. The van der Waals surface area contributed by atoms with Gasteiger partial charge in [-0.1, -0.05) is 0 Å². The van der Waals surface area contributed by atoms with Crippen molar-refractivity contribution < 1.29 is 23.2 Å². The number of furan rings is 1. The molecule has 25 heavy (non-hydrogen) atoms. The Hall–Kier alpha value is -2.90. The van der Waals surface area contributed by atoms with Gasteiger partial charge < -0.3 is 14.6 Å². The normalized spacial score (nSPS) is 22.4. The molecule has 0 aliphatic carbocycles. The number of fused-ring (bicyclic) bond motifs is 2. The Morgan fingerprint density at radius 1 is 1.32 bits per heavy atom. The topological polar surface area (TPSA) is 91.7 Å². The summed E-state index contributed by atoms with van der Waals surface area (Å²) in [6.07, 6.45) is 0. The highest BCUT2D eigenvalue weighted by Gasteiger charge is 2.48. The van der Waals surface area contributed by atoms with Gasteiger partial charge in [-0.3, -0.25) is 14.9 Å². The third-order valence-corrected chi connectivity index (χ3v) is 4.92. The molecule has 0 bridgehead atoms. The molecule has 1 aromatic heterocycles. The van der Waals surface area contributed by atoms with Crippen LogP contribution in [0.4, 0.5) is 9.18 Å². The fourth-order valence-corrected chi connectivity index (χ4v) is 3.49. The minimum Gasteiger partial charge on any atom is -0.459 e. The summed E-state index contributed by atoms with van der Waals surface area (Å²) >= 11 is 0. The Kier molecular flexibility index (Phi) is 3.48. The second-order valence-corrected chi connectivity index (χ2v) is 6.42. The van der Waals surface area contributed by atoms with Gasteiger partial charge in [0.1, 0.15) is 17.2 Å². The molecule has 4 rings (SSSR count). The summed E-state index contributed by atoms with van der Waals surface area (Å²) < 4.78 is 19.0. The first-order valence-electron chi connectivity index (χ1n) is 7.99. The number of aryl methyl sites for hydroxylation is 1. The van der Waals surface area contributed by atoms with E-state index in [1.807, 2.05) is 0 Å². The molecule has 4 amide bonds. The molecule has 2 N–H and O–H groups in total. The lowest BCUT2D eigenvalue weighted by molar-refractivity contribution is -0.126. The number of hydrogen-bond donors (Lipinski definition) is 2. The second kappa shape index (κ2) is 5.58. The van der Waals surface area contributed by atoms with E-state index in [-0.39, 0.29) is 43.3 Å². The molecule has 130 valence electrons. The van der Waals surface area contributed by atoms with Crippen molar-refractivity contribution >= 4 is 28.8 Å². The number of hydrogen-bond acceptors (Lipinski definition) is 4. The standard InChI is InChI=1S/C17H16FN3O4/c1-8-10-4-9(18)2-3-13(10)25-14(8)5-19-17(24)21-6-11-12(7-21)16(23)20-15(11)22/h2-4,11-12H,5-7H2,1H3,(H,19,24)(H,20,22,23)/t11-,12+. The maximum atomic E-state index is 13.3. The zero-order valence-electron chi connectivity index (χ0n) is 13.5. The Bertz CT molecular complexity index is 885. The molecule has 2 aliphatic heterocycles. The first-order chi connectivity index (χ1) is 11.9. The number of carbonyl (C=O) groups excluding carboxylic acids is 3. The number of halogens is 1. The monoisotopic (exact) mass is 345 g/mol. The molecule has 2 fully saturated rings. The minimum atomic E-state index is -0.464. The van der Waals surface area contributed by atoms with Crippen LogP contribution < -0.4 is 10.6 Å². The molecule has 0 radical (unpaired) electrons. The van der Waals surface area contributed by atoms with Crippen molar-refractivity contribution in [3.8, 4) is 0 Å². The average Bonchev–Trinajstić information content (AvgIpc) is 3.22. The van der Waals surface area contributed by atoms with E-state index in [2.05, 4.69) is 10.6 Å². The molecular weight excluding hydrogens is 329 g/mol. The van der Waals surface area contributed by atoms with Gasteiger partial charge in [-0.2, -0.15) is 0 Å². The van der Waals surface area contributed by atoms with Gasteiger partial charge in [0.05, 0.1) is 18.4 Å². The second-order valence-electron chi connectivity index (χ2n) is 6.42. The van der Waals surface area contributed by atoms with Gasteiger partial charge in [-0.05, 0) is 25.1 Å². The molecule has 2 saturated heterocycles. The van der Waals surface area contributed by atoms with Gasteiger partial charge in [-0.15, -0.1) is 0 Å². The van der Waals surface area contributed by atoms with Gasteiger partial charge in [0.2, 0.25) is 11.8 Å². The van der Waals surface area contributed by atoms with E-state index in [0.29, 0.717) is 16.7 Å². The molecule has 2 atom stereocenters. The number of amides is 4. The Labute approximate surface area is 142 Å². The van der Waals surface area contributed by atoms with Crippen molar-refractivity contribution in [2.24, 2.45) is 11.8 Å². The quantitative estimate of drug-likeness (QED) is 0.803. The molecule has 3 heterocycles. The van der Waals surface area contributed by atoms with Crippen LogP contribution in [0.1, 0.15) is 11.3 Å². The zero-order chi connectivity index (χ0) is 17.7. The molecule has 0 saturated carbocycles. The van der Waals surface area contributed by atoms with E-state index < -0.39 is 11.8 Å². The van der Waals surface area contributed by atoms with Crippen molar-refractivity contribution in [3.63, 3.8) is 0 Å². The average molecular weight is 345 g/mol. The summed E-state index contributed by atoms with van der Waals surface area (Å²) in [5.74, 6) is -1.37. The van der Waals surface area contributed by atoms with Gasteiger partial charge in [0.15, 0.2) is 0 Å². The van der Waals surface area contributed by atoms with Crippen LogP contribution in [-0.4, -0.2) is 35.8 Å². The van der Waals surface area contributed by atoms with Gasteiger partial charge in [-0.25, -0.2) is 9.18 Å². The Balaban J connectivity index is 1.44. The lowest BCUT2D eigenvalue weighted by Crippen LogP contribution is -2.41. The van der Waals surface area contributed by atoms with Gasteiger partial charge in [0.25, 0.3) is 0 Å². The predicted molar refractivity (Wildman–Crippen MR) is 84.8 cm³/mol. The van der Waals surface area contributed by atoms with Crippen LogP contribution in [-0.2, 0) is 16.1 Å². The SMILES string of the molecule is Cc1c(CNC(=O)N2C[C@@H]3C(=O)NC(=O)[C@@H]3C2)oc2ccc(F)cc12. The van der Waals surface area contributed by atoms with Crippen molar-refractivity contribution in [1.29, 1.82) is 0 Å². The molecule has 0 spiro atoms. The first kappa shape index (κ1) is 15.6. The molecule has 2 aromatic rings. The largest absolute Gasteiger partial charge is 0.459 e. The van der Waals surface area contributed by atoms with E-state index in [0.717, 1.165) is 5.56 Å². The summed E-state index contributed by atoms with van der Waals surface area (Å²) in [5.41, 5.74) is 1.32. The highest BCUT2D eigenvalue weighted by atomic mass is 19.1. The number of urea groups is 1. The van der Waals surface area contributed by atoms with E-state index >= 15 is 0 Å². The predicted octanol–water partition coefficient (Wildman–Crippen LogP) is 1.29. The van der Waals surface area contributed by atoms with Crippen LogP contribution in [0.5, 0.6) is 0 Å². The Morgan fingerprint density at radius 3 is 2.68 bits per heavy atom. The van der Waals surface area contributed by atoms with Crippen LogP contribution in [0.2, 0.25) is 0 Å². The highest BCUT2D eigenvalue weighted by Crippen LogP contribution is 2.29. The number of imide groups is 1.